The molecule has 0 spiro atoms. The van der Waals surface area contributed by atoms with E-state index in [1.165, 1.54) is 20.3 Å². The van der Waals surface area contributed by atoms with E-state index in [0.717, 1.165) is 39.5 Å². The van der Waals surface area contributed by atoms with E-state index in [0.29, 0.717) is 46.3 Å². The van der Waals surface area contributed by atoms with Crippen LogP contribution in [-0.4, -0.2) is 45.6 Å². The molecule has 0 saturated carbocycles. The zero-order chi connectivity index (χ0) is 32.7. The maximum absolute atomic E-state index is 13.1. The molecule has 46 heavy (non-hydrogen) atoms. The quantitative estimate of drug-likeness (QED) is 0.257. The third-order valence-electron chi connectivity index (χ3n) is 8.55. The first kappa shape index (κ1) is 31.5. The highest BCUT2D eigenvalue weighted by Gasteiger charge is 2.30. The number of anilines is 1. The Morgan fingerprint density at radius 2 is 1.74 bits per heavy atom. The van der Waals surface area contributed by atoms with Gasteiger partial charge in [-0.25, -0.2) is 9.78 Å². The number of hydrogen-bond acceptors (Lipinski definition) is 7. The van der Waals surface area contributed by atoms with Crippen molar-refractivity contribution in [1.82, 2.24) is 24.8 Å². The first-order valence-corrected chi connectivity index (χ1v) is 15.6. The lowest BCUT2D eigenvalue weighted by molar-refractivity contribution is -0.119. The van der Waals surface area contributed by atoms with Crippen molar-refractivity contribution in [1.29, 1.82) is 0 Å². The summed E-state index contributed by atoms with van der Waals surface area (Å²) in [5, 5.41) is 9.92. The van der Waals surface area contributed by atoms with Gasteiger partial charge in [-0.15, -0.1) is 0 Å². The average Bonchev–Trinajstić information content (AvgIpc) is 3.66. The number of ether oxygens (including phenoxy) is 1. The molecule has 3 N–H and O–H groups in total. The summed E-state index contributed by atoms with van der Waals surface area (Å²) in [5.74, 6) is -0.0928. The number of nitrogens with one attached hydrogen (secondary N) is 3. The van der Waals surface area contributed by atoms with Crippen molar-refractivity contribution in [2.75, 3.05) is 19.0 Å². The smallest absolute Gasteiger partial charge is 0.330 e. The van der Waals surface area contributed by atoms with Crippen molar-refractivity contribution in [3.8, 4) is 28.3 Å². The second-order valence-electron chi connectivity index (χ2n) is 11.5. The van der Waals surface area contributed by atoms with Crippen LogP contribution in [0, 0.1) is 0 Å². The van der Waals surface area contributed by atoms with E-state index >= 15 is 0 Å². The fraction of sp³-hybridized carbons (Fsp3) is 0.303. The molecule has 2 aromatic carbocycles. The Morgan fingerprint density at radius 1 is 1.02 bits per heavy atom. The standard InChI is InChI=1S/C33H32Cl2N6O5/c1-40-16-22(32(44)41(2)33(40)45)30(43)38-24-9-5-7-20(29(24)35)19-6-4-8-21(28(19)34)25-14-17-10-12-23(27(17)31(39-25)46-3)36-15-18-11-13-26(42)37-18/h4-9,14,16,18,23,36H,10-13,15H2,1-3H3,(H,37,42)(H,38,43)/t18-,23?/m0/s1. The Balaban J connectivity index is 1.29. The molecule has 11 nitrogen and oxygen atoms in total. The summed E-state index contributed by atoms with van der Waals surface area (Å²) >= 11 is 13.9. The highest BCUT2D eigenvalue weighted by molar-refractivity contribution is 6.39. The van der Waals surface area contributed by atoms with Gasteiger partial charge in [0.1, 0.15) is 5.56 Å². The van der Waals surface area contributed by atoms with E-state index in [4.69, 9.17) is 32.9 Å². The van der Waals surface area contributed by atoms with E-state index in [2.05, 4.69) is 16.0 Å². The molecule has 4 aromatic rings. The number of methoxy groups -OCH3 is 1. The highest BCUT2D eigenvalue weighted by Crippen LogP contribution is 2.44. The molecule has 2 amide bonds. The number of carbonyl (C=O) groups excluding carboxylic acids is 2. The van der Waals surface area contributed by atoms with Crippen molar-refractivity contribution in [2.24, 2.45) is 14.1 Å². The van der Waals surface area contributed by atoms with Gasteiger partial charge in [0.25, 0.3) is 11.5 Å². The molecule has 1 saturated heterocycles. The summed E-state index contributed by atoms with van der Waals surface area (Å²) < 4.78 is 7.79. The number of rotatable bonds is 8. The van der Waals surface area contributed by atoms with Gasteiger partial charge >= 0.3 is 5.69 Å². The molecule has 2 aromatic heterocycles. The Bertz CT molecular complexity index is 2010. The zero-order valence-corrected chi connectivity index (χ0v) is 27.0. The molecular formula is C33H32Cl2N6O5. The Morgan fingerprint density at radius 3 is 2.46 bits per heavy atom. The van der Waals surface area contributed by atoms with Gasteiger partial charge in [-0.1, -0.05) is 53.5 Å². The lowest BCUT2D eigenvalue weighted by Gasteiger charge is -2.20. The van der Waals surface area contributed by atoms with Crippen molar-refractivity contribution < 1.29 is 14.3 Å². The number of carbonyl (C=O) groups is 2. The summed E-state index contributed by atoms with van der Waals surface area (Å²) in [6, 6.07) is 12.9. The molecule has 238 valence electrons. The second kappa shape index (κ2) is 12.7. The minimum Gasteiger partial charge on any atom is -0.481 e. The predicted molar refractivity (Wildman–Crippen MR) is 177 cm³/mol. The summed E-state index contributed by atoms with van der Waals surface area (Å²) in [6.07, 6.45) is 4.29. The monoisotopic (exact) mass is 662 g/mol. The summed E-state index contributed by atoms with van der Waals surface area (Å²) in [5.41, 5.74) is 3.46. The number of hydrogen-bond donors (Lipinski definition) is 3. The number of halogens is 2. The van der Waals surface area contributed by atoms with Gasteiger partial charge in [-0.2, -0.15) is 0 Å². The second-order valence-corrected chi connectivity index (χ2v) is 12.2. The zero-order valence-electron chi connectivity index (χ0n) is 25.4. The van der Waals surface area contributed by atoms with Gasteiger partial charge in [0.15, 0.2) is 0 Å². The maximum Gasteiger partial charge on any atom is 0.330 e. The number of benzene rings is 2. The molecule has 0 bridgehead atoms. The van der Waals surface area contributed by atoms with Gasteiger partial charge in [-0.3, -0.25) is 19.0 Å². The highest BCUT2D eigenvalue weighted by atomic mass is 35.5. The largest absolute Gasteiger partial charge is 0.481 e. The third kappa shape index (κ3) is 5.81. The average molecular weight is 664 g/mol. The molecule has 3 heterocycles. The predicted octanol–water partition coefficient (Wildman–Crippen LogP) is 4.24. The molecule has 2 aliphatic rings. The number of aryl methyl sites for hydroxylation is 2. The lowest BCUT2D eigenvalue weighted by atomic mass is 9.99. The van der Waals surface area contributed by atoms with Crippen LogP contribution in [0.4, 0.5) is 5.69 Å². The topological polar surface area (TPSA) is 136 Å². The maximum atomic E-state index is 13.1. The minimum absolute atomic E-state index is 0.0588. The molecular weight excluding hydrogens is 631 g/mol. The van der Waals surface area contributed by atoms with Crippen LogP contribution < -0.4 is 31.9 Å². The van der Waals surface area contributed by atoms with Crippen molar-refractivity contribution in [2.45, 2.75) is 37.8 Å². The Kier molecular flexibility index (Phi) is 8.73. The Hall–Kier alpha value is -4.45. The van der Waals surface area contributed by atoms with Crippen LogP contribution in [0.2, 0.25) is 10.0 Å². The number of pyridine rings is 1. The van der Waals surface area contributed by atoms with Gasteiger partial charge < -0.3 is 25.3 Å². The van der Waals surface area contributed by atoms with E-state index < -0.39 is 17.2 Å². The SMILES string of the molecule is COc1nc(-c2cccc(-c3cccc(NC(=O)c4cn(C)c(=O)n(C)c4=O)c3Cl)c2Cl)cc2c1C(NC[C@@H]1CCC(=O)N1)CC2. The summed E-state index contributed by atoms with van der Waals surface area (Å²) in [6.45, 7) is 0.677. The molecule has 6 rings (SSSR count). The van der Waals surface area contributed by atoms with Crippen LogP contribution in [-0.2, 0) is 25.3 Å². The van der Waals surface area contributed by atoms with Crippen molar-refractivity contribution in [3.05, 3.63) is 96.2 Å². The van der Waals surface area contributed by atoms with E-state index in [1.54, 1.807) is 25.3 Å². The summed E-state index contributed by atoms with van der Waals surface area (Å²) in [7, 11) is 4.37. The number of fused-ring (bicyclic) bond motifs is 1. The van der Waals surface area contributed by atoms with Crippen LogP contribution >= 0.6 is 23.2 Å². The molecule has 1 aliphatic carbocycles. The fourth-order valence-electron chi connectivity index (χ4n) is 6.15. The van der Waals surface area contributed by atoms with Crippen LogP contribution in [0.15, 0.2) is 58.3 Å². The van der Waals surface area contributed by atoms with Crippen LogP contribution in [0.25, 0.3) is 22.4 Å². The molecule has 1 unspecified atom stereocenters. The third-order valence-corrected chi connectivity index (χ3v) is 9.37. The van der Waals surface area contributed by atoms with Crippen molar-refractivity contribution >= 4 is 40.7 Å². The van der Waals surface area contributed by atoms with Crippen LogP contribution in [0.1, 0.15) is 46.8 Å². The molecule has 1 fully saturated rings. The number of nitrogens with zero attached hydrogens (tertiary/aromatic N) is 3. The Labute approximate surface area is 274 Å². The van der Waals surface area contributed by atoms with Crippen LogP contribution in [0.5, 0.6) is 5.88 Å². The fourth-order valence-corrected chi connectivity index (χ4v) is 6.75. The van der Waals surface area contributed by atoms with Crippen LogP contribution in [0.3, 0.4) is 0 Å². The van der Waals surface area contributed by atoms with Gasteiger partial charge in [-0.05, 0) is 37.0 Å². The molecule has 2 atom stereocenters. The molecule has 0 radical (unpaired) electrons. The van der Waals surface area contributed by atoms with Gasteiger partial charge in [0, 0.05) is 67.6 Å². The summed E-state index contributed by atoms with van der Waals surface area (Å²) in [4.78, 5) is 54.2. The molecule has 1 aliphatic heterocycles. The van der Waals surface area contributed by atoms with E-state index in [1.807, 2.05) is 24.3 Å². The first-order chi connectivity index (χ1) is 22.1. The first-order valence-electron chi connectivity index (χ1n) is 14.8. The van der Waals surface area contributed by atoms with Gasteiger partial charge in [0.05, 0.1) is 28.5 Å². The number of amides is 2. The number of aromatic nitrogens is 3. The van der Waals surface area contributed by atoms with E-state index in [-0.39, 0.29) is 34.3 Å². The van der Waals surface area contributed by atoms with E-state index in [9.17, 15) is 19.2 Å². The normalized spacial score (nSPS) is 17.1. The minimum atomic E-state index is -0.717. The van der Waals surface area contributed by atoms with Gasteiger partial charge in [0.2, 0.25) is 11.8 Å². The molecule has 13 heteroatoms. The lowest BCUT2D eigenvalue weighted by Crippen LogP contribution is -2.40. The van der Waals surface area contributed by atoms with Crippen molar-refractivity contribution in [3.63, 3.8) is 0 Å².